The average molecular weight is 472 g/mol. The zero-order chi connectivity index (χ0) is 23.1. The number of phenols is 1. The lowest BCUT2D eigenvalue weighted by Crippen LogP contribution is -2.39. The molecule has 0 unspecified atom stereocenters. The van der Waals surface area contributed by atoms with Gasteiger partial charge in [0.1, 0.15) is 5.75 Å². The number of hydrazone groups is 1. The quantitative estimate of drug-likeness (QED) is 0.386. The molecule has 32 heavy (non-hydrogen) atoms. The molecule has 1 amide bonds. The van der Waals surface area contributed by atoms with Crippen molar-refractivity contribution >= 4 is 33.7 Å². The molecular formula is C23H22ClN3O4S. The van der Waals surface area contributed by atoms with Gasteiger partial charge in [0.25, 0.3) is 5.91 Å². The van der Waals surface area contributed by atoms with Crippen molar-refractivity contribution in [3.8, 4) is 5.75 Å². The molecule has 0 heterocycles. The van der Waals surface area contributed by atoms with E-state index in [4.69, 9.17) is 11.6 Å². The van der Waals surface area contributed by atoms with Crippen LogP contribution in [-0.4, -0.2) is 36.5 Å². The second-order valence-electron chi connectivity index (χ2n) is 7.10. The van der Waals surface area contributed by atoms with Crippen LogP contribution in [0, 0.1) is 6.92 Å². The third-order valence-electron chi connectivity index (χ3n) is 4.55. The van der Waals surface area contributed by atoms with E-state index in [1.807, 2.05) is 31.2 Å². The largest absolute Gasteiger partial charge is 0.508 e. The monoisotopic (exact) mass is 471 g/mol. The predicted octanol–water partition coefficient (Wildman–Crippen LogP) is 3.70. The Morgan fingerprint density at radius 1 is 1.03 bits per heavy atom. The van der Waals surface area contributed by atoms with Crippen LogP contribution in [0.15, 0.2) is 82.8 Å². The molecule has 9 heteroatoms. The van der Waals surface area contributed by atoms with Gasteiger partial charge in [-0.3, -0.25) is 4.79 Å². The van der Waals surface area contributed by atoms with Crippen LogP contribution in [0.25, 0.3) is 0 Å². The fourth-order valence-corrected chi connectivity index (χ4v) is 4.32. The molecule has 0 spiro atoms. The first-order chi connectivity index (χ1) is 15.2. The molecular weight excluding hydrogens is 450 g/mol. The van der Waals surface area contributed by atoms with E-state index in [9.17, 15) is 18.3 Å². The highest BCUT2D eigenvalue weighted by Crippen LogP contribution is 2.20. The summed E-state index contributed by atoms with van der Waals surface area (Å²) in [7, 11) is -3.97. The van der Waals surface area contributed by atoms with Crippen LogP contribution < -0.4 is 5.43 Å². The lowest BCUT2D eigenvalue weighted by Gasteiger charge is -2.21. The Morgan fingerprint density at radius 3 is 2.28 bits per heavy atom. The first-order valence-electron chi connectivity index (χ1n) is 9.66. The minimum Gasteiger partial charge on any atom is -0.508 e. The Labute approximate surface area is 192 Å². The van der Waals surface area contributed by atoms with Gasteiger partial charge in [-0.25, -0.2) is 13.8 Å². The maximum Gasteiger partial charge on any atom is 0.255 e. The molecule has 3 aromatic rings. The number of carbonyl (C=O) groups excluding carboxylic acids is 1. The Bertz CT molecular complexity index is 1190. The van der Waals surface area contributed by atoms with Crippen LogP contribution in [0.3, 0.4) is 0 Å². The Balaban J connectivity index is 1.78. The second-order valence-corrected chi connectivity index (χ2v) is 9.47. The van der Waals surface area contributed by atoms with Crippen LogP contribution in [0.1, 0.15) is 16.7 Å². The first-order valence-corrected chi connectivity index (χ1v) is 11.5. The van der Waals surface area contributed by atoms with E-state index < -0.39 is 22.5 Å². The molecule has 0 fully saturated rings. The molecule has 0 atom stereocenters. The number of aryl methyl sites for hydroxylation is 1. The Morgan fingerprint density at radius 2 is 1.66 bits per heavy atom. The van der Waals surface area contributed by atoms with Crippen LogP contribution in [0.4, 0.5) is 0 Å². The molecule has 166 valence electrons. The fraction of sp³-hybridized carbons (Fsp3) is 0.130. The molecule has 0 aliphatic carbocycles. The van der Waals surface area contributed by atoms with Gasteiger partial charge in [0.05, 0.1) is 17.7 Å². The van der Waals surface area contributed by atoms with Crippen LogP contribution >= 0.6 is 11.6 Å². The highest BCUT2D eigenvalue weighted by molar-refractivity contribution is 7.89. The van der Waals surface area contributed by atoms with E-state index >= 15 is 0 Å². The Kier molecular flexibility index (Phi) is 7.63. The van der Waals surface area contributed by atoms with Gasteiger partial charge in [-0.15, -0.1) is 0 Å². The SMILES string of the molecule is Cc1ccc(CN(CC(=O)N/N=C\c2ccc(O)cc2)S(=O)(=O)c2ccc(Cl)cc2)cc1. The van der Waals surface area contributed by atoms with Crippen molar-refractivity contribution in [1.29, 1.82) is 0 Å². The molecule has 0 radical (unpaired) electrons. The average Bonchev–Trinajstić information content (AvgIpc) is 2.76. The first kappa shape index (κ1) is 23.5. The van der Waals surface area contributed by atoms with Crippen LogP contribution in [0.2, 0.25) is 5.02 Å². The van der Waals surface area contributed by atoms with Gasteiger partial charge in [-0.1, -0.05) is 41.4 Å². The normalized spacial score (nSPS) is 11.7. The molecule has 3 aromatic carbocycles. The number of phenolic OH excluding ortho intramolecular Hbond substituents is 1. The summed E-state index contributed by atoms with van der Waals surface area (Å²) >= 11 is 5.88. The van der Waals surface area contributed by atoms with E-state index in [1.165, 1.54) is 42.6 Å². The van der Waals surface area contributed by atoms with Crippen molar-refractivity contribution in [2.24, 2.45) is 5.10 Å². The maximum absolute atomic E-state index is 13.2. The smallest absolute Gasteiger partial charge is 0.255 e. The highest BCUT2D eigenvalue weighted by Gasteiger charge is 2.27. The van der Waals surface area contributed by atoms with Crippen LogP contribution in [0.5, 0.6) is 5.75 Å². The van der Waals surface area contributed by atoms with Gasteiger partial charge in [0, 0.05) is 11.6 Å². The Hall–Kier alpha value is -3.20. The molecule has 0 saturated heterocycles. The number of carbonyl (C=O) groups is 1. The van der Waals surface area contributed by atoms with E-state index in [2.05, 4.69) is 10.5 Å². The molecule has 0 aliphatic heterocycles. The summed E-state index contributed by atoms with van der Waals surface area (Å²) in [5, 5.41) is 13.6. The number of hydrogen-bond acceptors (Lipinski definition) is 5. The summed E-state index contributed by atoms with van der Waals surface area (Å²) in [6, 6.07) is 19.4. The summed E-state index contributed by atoms with van der Waals surface area (Å²) in [5.41, 5.74) is 4.79. The maximum atomic E-state index is 13.2. The number of aromatic hydroxyl groups is 1. The van der Waals surface area contributed by atoms with Gasteiger partial charge in [-0.2, -0.15) is 9.41 Å². The molecule has 7 nitrogen and oxygen atoms in total. The summed E-state index contributed by atoms with van der Waals surface area (Å²) in [4.78, 5) is 12.5. The number of nitrogens with zero attached hydrogens (tertiary/aromatic N) is 2. The number of benzene rings is 3. The van der Waals surface area contributed by atoms with Gasteiger partial charge >= 0.3 is 0 Å². The minimum atomic E-state index is -3.97. The van der Waals surface area contributed by atoms with Crippen LogP contribution in [-0.2, 0) is 21.4 Å². The second kappa shape index (κ2) is 10.4. The van der Waals surface area contributed by atoms with Crippen molar-refractivity contribution in [3.05, 3.63) is 94.5 Å². The van der Waals surface area contributed by atoms with Gasteiger partial charge in [0.15, 0.2) is 0 Å². The number of rotatable bonds is 8. The predicted molar refractivity (Wildman–Crippen MR) is 124 cm³/mol. The number of halogens is 1. The summed E-state index contributed by atoms with van der Waals surface area (Å²) < 4.78 is 27.5. The van der Waals surface area contributed by atoms with Crippen molar-refractivity contribution in [1.82, 2.24) is 9.73 Å². The van der Waals surface area contributed by atoms with E-state index in [0.29, 0.717) is 10.6 Å². The fourth-order valence-electron chi connectivity index (χ4n) is 2.81. The number of amides is 1. The van der Waals surface area contributed by atoms with Gasteiger partial charge in [-0.05, 0) is 66.6 Å². The molecule has 3 rings (SSSR count). The van der Waals surface area contributed by atoms with Crippen molar-refractivity contribution < 1.29 is 18.3 Å². The topological polar surface area (TPSA) is 99.1 Å². The molecule has 0 aliphatic rings. The summed E-state index contributed by atoms with van der Waals surface area (Å²) in [6.07, 6.45) is 1.40. The summed E-state index contributed by atoms with van der Waals surface area (Å²) in [5.74, 6) is -0.477. The van der Waals surface area contributed by atoms with E-state index in [1.54, 1.807) is 12.1 Å². The number of hydrogen-bond donors (Lipinski definition) is 2. The number of sulfonamides is 1. The third kappa shape index (κ3) is 6.40. The van der Waals surface area contributed by atoms with Crippen molar-refractivity contribution in [3.63, 3.8) is 0 Å². The molecule has 2 N–H and O–H groups in total. The number of nitrogens with one attached hydrogen (secondary N) is 1. The molecule has 0 saturated carbocycles. The standard InChI is InChI=1S/C23H22ClN3O4S/c1-17-2-4-19(5-3-17)15-27(32(30,31)22-12-8-20(24)9-13-22)16-23(29)26-25-14-18-6-10-21(28)11-7-18/h2-14,28H,15-16H2,1H3,(H,26,29)/b25-14-. The molecule has 0 aromatic heterocycles. The zero-order valence-electron chi connectivity index (χ0n) is 17.3. The molecule has 0 bridgehead atoms. The van der Waals surface area contributed by atoms with E-state index in [-0.39, 0.29) is 17.2 Å². The van der Waals surface area contributed by atoms with Gasteiger partial charge < -0.3 is 5.11 Å². The lowest BCUT2D eigenvalue weighted by molar-refractivity contribution is -0.121. The third-order valence-corrected chi connectivity index (χ3v) is 6.60. The minimum absolute atomic E-state index is 0.0142. The highest BCUT2D eigenvalue weighted by atomic mass is 35.5. The van der Waals surface area contributed by atoms with Gasteiger partial charge in [0.2, 0.25) is 10.0 Å². The zero-order valence-corrected chi connectivity index (χ0v) is 18.8. The summed E-state index contributed by atoms with van der Waals surface area (Å²) in [6.45, 7) is 1.53. The van der Waals surface area contributed by atoms with Crippen molar-refractivity contribution in [2.75, 3.05) is 6.54 Å². The van der Waals surface area contributed by atoms with E-state index in [0.717, 1.165) is 15.4 Å². The lowest BCUT2D eigenvalue weighted by atomic mass is 10.1. The van der Waals surface area contributed by atoms with Crippen molar-refractivity contribution in [2.45, 2.75) is 18.4 Å².